The van der Waals surface area contributed by atoms with Gasteiger partial charge in [-0.2, -0.15) is 12.6 Å². The molecule has 2 unspecified atom stereocenters. The normalized spacial score (nSPS) is 20.1. The number of thiol groups is 1. The van der Waals surface area contributed by atoms with Crippen molar-refractivity contribution in [2.75, 3.05) is 6.61 Å². The summed E-state index contributed by atoms with van der Waals surface area (Å²) in [5, 5.41) is 11.1. The van der Waals surface area contributed by atoms with E-state index in [1.165, 1.54) is 13.8 Å². The Morgan fingerprint density at radius 3 is 2.17 bits per heavy atom. The van der Waals surface area contributed by atoms with Gasteiger partial charge in [-0.3, -0.25) is 14.5 Å². The number of allylic oxidation sites excluding steroid dienone is 1. The third-order valence-electron chi connectivity index (χ3n) is 3.61. The Kier molecular flexibility index (Phi) is 7.56. The number of fused-ring (bicyclic) bond motifs is 2. The highest BCUT2D eigenvalue weighted by Gasteiger charge is 2.50. The standard InChI is InChI=1S/C11H13Cl3N2O5S.C6H4O/c1-4(17)7(10(20)21-3-11(12,13)14)16-8(19)6(9(16)22)15-5(2)18;1-2-5-4-6(3-1)7-5/h6,9,17,22H,3H2,1-2H3,(H,15,18);1-4H. The molecule has 0 saturated carbocycles. The van der Waals surface area contributed by atoms with Gasteiger partial charge in [0.15, 0.2) is 5.70 Å². The first-order valence-corrected chi connectivity index (χ1v) is 9.75. The second kappa shape index (κ2) is 9.34. The minimum Gasteiger partial charge on any atom is -0.510 e. The number of β-lactam (4-membered cyclic amide) rings is 1. The second-order valence-corrected chi connectivity index (χ2v) is 9.05. The molecule has 8 nitrogen and oxygen atoms in total. The van der Waals surface area contributed by atoms with Gasteiger partial charge >= 0.3 is 5.97 Å². The number of ether oxygens (including phenoxy) is 2. The number of hydrogen-bond acceptors (Lipinski definition) is 7. The summed E-state index contributed by atoms with van der Waals surface area (Å²) in [5.41, 5.74) is -0.430. The molecule has 1 fully saturated rings. The Bertz CT molecular complexity index is 829. The van der Waals surface area contributed by atoms with Crippen molar-refractivity contribution in [1.82, 2.24) is 10.2 Å². The molecule has 0 aromatic heterocycles. The van der Waals surface area contributed by atoms with Crippen LogP contribution in [0.25, 0.3) is 0 Å². The van der Waals surface area contributed by atoms with E-state index in [-0.39, 0.29) is 0 Å². The lowest BCUT2D eigenvalue weighted by Gasteiger charge is -2.44. The lowest BCUT2D eigenvalue weighted by atomic mass is 10.1. The van der Waals surface area contributed by atoms with Gasteiger partial charge in [0.25, 0.3) is 5.91 Å². The first kappa shape index (κ1) is 23.5. The fraction of sp³-hybridized carbons (Fsp3) is 0.353. The molecule has 2 bridgehead atoms. The minimum absolute atomic E-state index is 0.429. The van der Waals surface area contributed by atoms with Gasteiger partial charge in [0, 0.05) is 13.0 Å². The Morgan fingerprint density at radius 1 is 1.31 bits per heavy atom. The van der Waals surface area contributed by atoms with Crippen molar-refractivity contribution in [3.8, 4) is 11.5 Å². The fourth-order valence-corrected chi connectivity index (χ4v) is 2.98. The van der Waals surface area contributed by atoms with Gasteiger partial charge in [-0.1, -0.05) is 40.9 Å². The largest absolute Gasteiger partial charge is 0.510 e. The first-order chi connectivity index (χ1) is 13.4. The van der Waals surface area contributed by atoms with Crippen molar-refractivity contribution in [3.63, 3.8) is 0 Å². The predicted octanol–water partition coefficient (Wildman–Crippen LogP) is 3.08. The molecule has 1 aromatic carbocycles. The number of benzene rings is 1. The summed E-state index contributed by atoms with van der Waals surface area (Å²) < 4.78 is 7.91. The zero-order chi connectivity index (χ0) is 21.9. The van der Waals surface area contributed by atoms with Gasteiger partial charge in [-0.15, -0.1) is 0 Å². The number of hydrogen-bond donors (Lipinski definition) is 3. The fourth-order valence-electron chi connectivity index (χ4n) is 2.39. The molecule has 0 aliphatic carbocycles. The van der Waals surface area contributed by atoms with Crippen LogP contribution in [0, 0.1) is 0 Å². The highest BCUT2D eigenvalue weighted by atomic mass is 35.6. The van der Waals surface area contributed by atoms with Crippen LogP contribution in [0.4, 0.5) is 0 Å². The molecule has 4 rings (SSSR count). The second-order valence-electron chi connectivity index (χ2n) is 6.00. The van der Waals surface area contributed by atoms with E-state index in [1.54, 1.807) is 0 Å². The zero-order valence-corrected chi connectivity index (χ0v) is 18.4. The molecule has 0 spiro atoms. The van der Waals surface area contributed by atoms with Crippen molar-refractivity contribution >= 4 is 65.2 Å². The van der Waals surface area contributed by atoms with E-state index in [9.17, 15) is 19.5 Å². The highest BCUT2D eigenvalue weighted by Crippen LogP contribution is 2.33. The Labute approximate surface area is 187 Å². The summed E-state index contributed by atoms with van der Waals surface area (Å²) in [7, 11) is 0. The molecule has 3 heterocycles. The van der Waals surface area contributed by atoms with Crippen molar-refractivity contribution < 1.29 is 29.0 Å². The van der Waals surface area contributed by atoms with E-state index >= 15 is 0 Å². The highest BCUT2D eigenvalue weighted by molar-refractivity contribution is 7.81. The van der Waals surface area contributed by atoms with Gasteiger partial charge in [0.1, 0.15) is 35.3 Å². The maximum atomic E-state index is 12.0. The summed E-state index contributed by atoms with van der Waals surface area (Å²) in [6.45, 7) is 1.85. The first-order valence-electron chi connectivity index (χ1n) is 8.10. The Balaban J connectivity index is 0.000000351. The number of carbonyl (C=O) groups is 3. The van der Waals surface area contributed by atoms with E-state index in [0.717, 1.165) is 16.4 Å². The molecule has 2 amide bonds. The van der Waals surface area contributed by atoms with Gasteiger partial charge < -0.3 is 19.9 Å². The lowest BCUT2D eigenvalue weighted by molar-refractivity contribution is -0.152. The van der Waals surface area contributed by atoms with Crippen LogP contribution in [0.1, 0.15) is 13.8 Å². The van der Waals surface area contributed by atoms with Gasteiger partial charge in [-0.25, -0.2) is 4.79 Å². The van der Waals surface area contributed by atoms with Crippen LogP contribution in [-0.2, 0) is 19.1 Å². The summed E-state index contributed by atoms with van der Waals surface area (Å²) in [6.07, 6.45) is 0. The van der Waals surface area contributed by atoms with Crippen LogP contribution in [0.2, 0.25) is 0 Å². The average Bonchev–Trinajstić information content (AvgIpc) is 2.61. The summed E-state index contributed by atoms with van der Waals surface area (Å²) in [4.78, 5) is 35.8. The number of aliphatic hydroxyl groups excluding tert-OH is 1. The maximum absolute atomic E-state index is 12.0. The number of nitrogens with zero attached hydrogens (tertiary/aromatic N) is 1. The SMILES string of the molecule is CC(=O)NC1C(=O)N(C(C(=O)OCC(Cl)(Cl)Cl)=C(C)O)C1S.c1cc2cc(c1)O2. The Hall–Kier alpha value is -1.81. The number of amides is 2. The lowest BCUT2D eigenvalue weighted by Crippen LogP contribution is -2.68. The molecular formula is C17H17Cl3N2O6S. The van der Waals surface area contributed by atoms with Crippen LogP contribution in [0.5, 0.6) is 11.5 Å². The minimum atomic E-state index is -1.83. The molecule has 158 valence electrons. The summed E-state index contributed by atoms with van der Waals surface area (Å²) in [5.74, 6) is -0.607. The van der Waals surface area contributed by atoms with Crippen LogP contribution in [-0.4, -0.2) is 49.6 Å². The van der Waals surface area contributed by atoms with Crippen LogP contribution < -0.4 is 10.1 Å². The quantitative estimate of drug-likeness (QED) is 0.154. The molecule has 2 atom stereocenters. The summed E-state index contributed by atoms with van der Waals surface area (Å²) >= 11 is 20.5. The molecule has 3 aliphatic rings. The number of likely N-dealkylation sites (tertiary alicyclic amines) is 1. The van der Waals surface area contributed by atoms with Crippen molar-refractivity contribution in [2.45, 2.75) is 29.1 Å². The van der Waals surface area contributed by atoms with E-state index in [1.807, 2.05) is 24.3 Å². The van der Waals surface area contributed by atoms with Crippen molar-refractivity contribution in [2.24, 2.45) is 0 Å². The van der Waals surface area contributed by atoms with Crippen molar-refractivity contribution in [3.05, 3.63) is 35.7 Å². The van der Waals surface area contributed by atoms with Crippen LogP contribution in [0.3, 0.4) is 0 Å². The molecule has 1 aromatic rings. The molecule has 29 heavy (non-hydrogen) atoms. The molecule has 2 N–H and O–H groups in total. The smallest absolute Gasteiger partial charge is 0.358 e. The third-order valence-corrected chi connectivity index (χ3v) is 4.47. The van der Waals surface area contributed by atoms with Gasteiger partial charge in [0.2, 0.25) is 9.70 Å². The molecule has 3 aliphatic heterocycles. The van der Waals surface area contributed by atoms with Crippen molar-refractivity contribution in [1.29, 1.82) is 0 Å². The predicted molar refractivity (Wildman–Crippen MR) is 110 cm³/mol. The number of carbonyl (C=O) groups excluding carboxylic acids is 3. The number of alkyl halides is 3. The topological polar surface area (TPSA) is 105 Å². The zero-order valence-electron chi connectivity index (χ0n) is 15.2. The van der Waals surface area contributed by atoms with E-state index in [0.29, 0.717) is 0 Å². The third kappa shape index (κ3) is 6.08. The van der Waals surface area contributed by atoms with Crippen LogP contribution >= 0.6 is 47.4 Å². The number of rotatable bonds is 4. The number of aliphatic hydroxyl groups is 1. The molecule has 1 saturated heterocycles. The molecule has 0 radical (unpaired) electrons. The monoisotopic (exact) mass is 482 g/mol. The van der Waals surface area contributed by atoms with E-state index in [2.05, 4.69) is 17.9 Å². The van der Waals surface area contributed by atoms with E-state index < -0.39 is 51.1 Å². The molecular weight excluding hydrogens is 467 g/mol. The maximum Gasteiger partial charge on any atom is 0.358 e. The number of esters is 1. The van der Waals surface area contributed by atoms with Crippen LogP contribution in [0.15, 0.2) is 35.7 Å². The van der Waals surface area contributed by atoms with E-state index in [4.69, 9.17) is 44.3 Å². The molecule has 12 heteroatoms. The Morgan fingerprint density at radius 2 is 1.86 bits per heavy atom. The average molecular weight is 484 g/mol. The van der Waals surface area contributed by atoms with Gasteiger partial charge in [0.05, 0.1) is 0 Å². The van der Waals surface area contributed by atoms with Gasteiger partial charge in [-0.05, 0) is 19.1 Å². The number of halogens is 3. The number of nitrogens with one attached hydrogen (secondary N) is 1. The summed E-state index contributed by atoms with van der Waals surface area (Å²) in [6, 6.07) is 6.95.